The van der Waals surface area contributed by atoms with Crippen LogP contribution in [0.3, 0.4) is 0 Å². The third-order valence-electron chi connectivity index (χ3n) is 6.72. The smallest absolute Gasteiger partial charge is 0.153 e. The molecule has 0 spiro atoms. The van der Waals surface area contributed by atoms with Gasteiger partial charge in [-0.2, -0.15) is 0 Å². The van der Waals surface area contributed by atoms with Gasteiger partial charge in [-0.1, -0.05) is 115 Å². The Labute approximate surface area is 243 Å². The van der Waals surface area contributed by atoms with Gasteiger partial charge in [-0.3, -0.25) is 0 Å². The summed E-state index contributed by atoms with van der Waals surface area (Å²) in [7, 11) is 0. The second-order valence-corrected chi connectivity index (χ2v) is 12.0. The first-order valence-corrected chi connectivity index (χ1v) is 15.1. The summed E-state index contributed by atoms with van der Waals surface area (Å²) < 4.78 is 28.1. The number of aromatic nitrogens is 1. The Morgan fingerprint density at radius 3 is 1.82 bits per heavy atom. The van der Waals surface area contributed by atoms with Crippen LogP contribution in [-0.2, 0) is 38.8 Å². The summed E-state index contributed by atoms with van der Waals surface area (Å²) in [5, 5.41) is 0. The maximum absolute atomic E-state index is 6.66. The quantitative estimate of drug-likeness (QED) is 0.155. The second-order valence-electron chi connectivity index (χ2n) is 9.63. The molecule has 0 saturated carbocycles. The second kappa shape index (κ2) is 13.5. The highest BCUT2D eigenvalue weighted by Gasteiger charge is 2.47. The molecule has 1 aliphatic heterocycles. The van der Waals surface area contributed by atoms with Crippen LogP contribution >= 0.6 is 23.1 Å². The van der Waals surface area contributed by atoms with E-state index in [9.17, 15) is 0 Å². The van der Waals surface area contributed by atoms with Gasteiger partial charge in [0.1, 0.15) is 23.7 Å². The Morgan fingerprint density at radius 1 is 0.650 bits per heavy atom. The van der Waals surface area contributed by atoms with Gasteiger partial charge in [0.05, 0.1) is 36.6 Å². The monoisotopic (exact) mass is 569 g/mol. The Kier molecular flexibility index (Phi) is 9.19. The lowest BCUT2D eigenvalue weighted by atomic mass is 10.1. The Bertz CT molecular complexity index is 1430. The molecule has 1 aliphatic rings. The zero-order chi connectivity index (χ0) is 27.0. The number of ether oxygens (including phenoxy) is 4. The number of thiazole rings is 1. The van der Waals surface area contributed by atoms with Crippen molar-refractivity contribution >= 4 is 33.3 Å². The fourth-order valence-electron chi connectivity index (χ4n) is 4.70. The molecule has 4 aromatic carbocycles. The molecule has 6 rings (SSSR count). The highest BCUT2D eigenvalue weighted by molar-refractivity contribution is 8.01. The highest BCUT2D eigenvalue weighted by Crippen LogP contribution is 2.40. The number of hydrogen-bond acceptors (Lipinski definition) is 7. The van der Waals surface area contributed by atoms with Crippen molar-refractivity contribution in [2.45, 2.75) is 47.9 Å². The van der Waals surface area contributed by atoms with Crippen LogP contribution in [0, 0.1) is 0 Å². The number of benzene rings is 4. The van der Waals surface area contributed by atoms with Gasteiger partial charge in [0.25, 0.3) is 0 Å². The summed E-state index contributed by atoms with van der Waals surface area (Å²) in [6, 6.07) is 38.8. The Morgan fingerprint density at radius 2 is 1.20 bits per heavy atom. The lowest BCUT2D eigenvalue weighted by Crippen LogP contribution is -2.38. The van der Waals surface area contributed by atoms with Gasteiger partial charge in [-0.05, 0) is 28.8 Å². The predicted molar refractivity (Wildman–Crippen MR) is 160 cm³/mol. The summed E-state index contributed by atoms with van der Waals surface area (Å²) >= 11 is 3.28. The number of fused-ring (bicyclic) bond motifs is 1. The van der Waals surface area contributed by atoms with Crippen LogP contribution in [0.1, 0.15) is 16.7 Å². The summed E-state index contributed by atoms with van der Waals surface area (Å²) in [5.74, 6) is 0. The molecular weight excluding hydrogens is 539 g/mol. The zero-order valence-corrected chi connectivity index (χ0v) is 23.6. The van der Waals surface area contributed by atoms with E-state index in [1.165, 1.54) is 0 Å². The largest absolute Gasteiger partial charge is 0.374 e. The standard InChI is InChI=1S/C33H31NO4S2/c1-4-12-24(13-5-1)20-35-23-28-30(36-21-25-14-6-2-7-15-25)31(37-22-26-16-8-3-9-17-26)32(38-28)40-33-34-27-18-10-11-19-29(27)39-33/h1-19,28,30-32H,20-23H2/t28-,30-,31-,32-/m1/s1. The minimum Gasteiger partial charge on any atom is -0.374 e. The minimum absolute atomic E-state index is 0.292. The van der Waals surface area contributed by atoms with E-state index in [1.54, 1.807) is 23.1 Å². The first kappa shape index (κ1) is 27.1. The highest BCUT2D eigenvalue weighted by atomic mass is 32.2. The summed E-state index contributed by atoms with van der Waals surface area (Å²) in [4.78, 5) is 4.85. The molecule has 0 radical (unpaired) electrons. The normalized spacial score (nSPS) is 20.7. The SMILES string of the molecule is c1ccc(COC[C@H]2O[C@H](Sc3nc4ccccc4s3)[C@H](OCc3ccccc3)[C@@H]2OCc2ccccc2)cc1. The maximum atomic E-state index is 6.66. The topological polar surface area (TPSA) is 49.8 Å². The van der Waals surface area contributed by atoms with Gasteiger partial charge in [0.2, 0.25) is 0 Å². The van der Waals surface area contributed by atoms with Crippen LogP contribution in [-0.4, -0.2) is 35.3 Å². The van der Waals surface area contributed by atoms with Crippen molar-refractivity contribution in [2.75, 3.05) is 6.61 Å². The van der Waals surface area contributed by atoms with Crippen LogP contribution in [0.2, 0.25) is 0 Å². The van der Waals surface area contributed by atoms with Crippen LogP contribution in [0.5, 0.6) is 0 Å². The van der Waals surface area contributed by atoms with Crippen molar-refractivity contribution in [2.24, 2.45) is 0 Å². The maximum Gasteiger partial charge on any atom is 0.153 e. The van der Waals surface area contributed by atoms with E-state index in [4.69, 9.17) is 23.9 Å². The molecule has 1 saturated heterocycles. The third-order valence-corrected chi connectivity index (χ3v) is 9.00. The molecule has 0 amide bonds. The zero-order valence-electron chi connectivity index (χ0n) is 22.0. The van der Waals surface area contributed by atoms with Crippen molar-refractivity contribution in [1.29, 1.82) is 0 Å². The molecule has 1 fully saturated rings. The molecule has 40 heavy (non-hydrogen) atoms. The number of thioether (sulfide) groups is 1. The van der Waals surface area contributed by atoms with E-state index in [0.717, 1.165) is 31.2 Å². The predicted octanol–water partition coefficient (Wildman–Crippen LogP) is 7.50. The molecule has 5 aromatic rings. The van der Waals surface area contributed by atoms with E-state index in [2.05, 4.69) is 42.5 Å². The third kappa shape index (κ3) is 6.99. The molecule has 2 heterocycles. The fourth-order valence-corrected chi connectivity index (χ4v) is 7.06. The van der Waals surface area contributed by atoms with Gasteiger partial charge >= 0.3 is 0 Å². The molecule has 0 unspecified atom stereocenters. The van der Waals surface area contributed by atoms with Crippen molar-refractivity contribution in [3.63, 3.8) is 0 Å². The molecule has 4 atom stereocenters. The molecule has 5 nitrogen and oxygen atoms in total. The first-order chi connectivity index (χ1) is 19.8. The molecule has 204 valence electrons. The molecule has 1 aromatic heterocycles. The van der Waals surface area contributed by atoms with Crippen LogP contribution < -0.4 is 0 Å². The van der Waals surface area contributed by atoms with Gasteiger partial charge in [-0.25, -0.2) is 4.98 Å². The van der Waals surface area contributed by atoms with Gasteiger partial charge in [-0.15, -0.1) is 11.3 Å². The average Bonchev–Trinajstić information content (AvgIpc) is 3.56. The lowest BCUT2D eigenvalue weighted by molar-refractivity contribution is -0.0895. The number of nitrogens with zero attached hydrogens (tertiary/aromatic N) is 1. The van der Waals surface area contributed by atoms with Crippen LogP contribution in [0.25, 0.3) is 10.2 Å². The van der Waals surface area contributed by atoms with Crippen molar-refractivity contribution in [1.82, 2.24) is 4.98 Å². The van der Waals surface area contributed by atoms with Crippen molar-refractivity contribution in [3.8, 4) is 0 Å². The van der Waals surface area contributed by atoms with Gasteiger partial charge in [0.15, 0.2) is 4.34 Å². The van der Waals surface area contributed by atoms with Gasteiger partial charge in [0, 0.05) is 0 Å². The van der Waals surface area contributed by atoms with Gasteiger partial charge < -0.3 is 18.9 Å². The molecule has 0 bridgehead atoms. The van der Waals surface area contributed by atoms with Crippen molar-refractivity contribution < 1.29 is 18.9 Å². The minimum atomic E-state index is -0.314. The molecule has 0 aliphatic carbocycles. The van der Waals surface area contributed by atoms with E-state index in [1.807, 2.05) is 72.8 Å². The summed E-state index contributed by atoms with van der Waals surface area (Å²) in [6.07, 6.45) is -0.919. The average molecular weight is 570 g/mol. The molecule has 7 heteroatoms. The van der Waals surface area contributed by atoms with Crippen LogP contribution in [0.15, 0.2) is 120 Å². The summed E-state index contributed by atoms with van der Waals surface area (Å²) in [6.45, 7) is 1.84. The van der Waals surface area contributed by atoms with E-state index in [-0.39, 0.29) is 23.7 Å². The van der Waals surface area contributed by atoms with E-state index >= 15 is 0 Å². The number of para-hydroxylation sites is 1. The number of hydrogen-bond donors (Lipinski definition) is 0. The van der Waals surface area contributed by atoms with Crippen molar-refractivity contribution in [3.05, 3.63) is 132 Å². The molecular formula is C33H31NO4S2. The summed E-state index contributed by atoms with van der Waals surface area (Å²) in [5.41, 5.74) is 4.04. The van der Waals surface area contributed by atoms with E-state index in [0.29, 0.717) is 26.4 Å². The molecule has 0 N–H and O–H groups in total. The number of rotatable bonds is 12. The Balaban J connectivity index is 1.23. The van der Waals surface area contributed by atoms with E-state index < -0.39 is 0 Å². The fraction of sp³-hybridized carbons (Fsp3) is 0.242. The lowest BCUT2D eigenvalue weighted by Gasteiger charge is -2.25. The Hall–Kier alpha value is -3.04. The van der Waals surface area contributed by atoms with Crippen LogP contribution in [0.4, 0.5) is 0 Å². The first-order valence-electron chi connectivity index (χ1n) is 13.4.